The molecular formula is C24H28N4O4S. The van der Waals surface area contributed by atoms with Crippen molar-refractivity contribution < 1.29 is 19.0 Å². The van der Waals surface area contributed by atoms with Gasteiger partial charge in [-0.2, -0.15) is 0 Å². The van der Waals surface area contributed by atoms with Crippen molar-refractivity contribution in [2.24, 2.45) is 0 Å². The van der Waals surface area contributed by atoms with Gasteiger partial charge in [0.2, 0.25) is 5.91 Å². The van der Waals surface area contributed by atoms with E-state index < -0.39 is 5.25 Å². The van der Waals surface area contributed by atoms with Crippen molar-refractivity contribution in [3.05, 3.63) is 67.0 Å². The van der Waals surface area contributed by atoms with E-state index in [1.807, 2.05) is 42.7 Å². The molecule has 0 saturated heterocycles. The third kappa shape index (κ3) is 6.29. The van der Waals surface area contributed by atoms with Crippen LogP contribution in [-0.4, -0.2) is 40.1 Å². The summed E-state index contributed by atoms with van der Waals surface area (Å²) in [5.74, 6) is 2.69. The SMILES string of the molecule is C=CCn1c(SC(C)C(=O)Nc2ccc(OC)cc2)nnc1C(C)Oc1ccc(OC)cc1. The lowest BCUT2D eigenvalue weighted by molar-refractivity contribution is -0.115. The number of amides is 1. The Bertz CT molecular complexity index is 1070. The van der Waals surface area contributed by atoms with Gasteiger partial charge >= 0.3 is 0 Å². The molecule has 1 aromatic heterocycles. The molecule has 0 aliphatic carbocycles. The second-order valence-corrected chi connectivity index (χ2v) is 8.46. The Morgan fingerprint density at radius 2 is 1.61 bits per heavy atom. The lowest BCUT2D eigenvalue weighted by Gasteiger charge is -2.17. The smallest absolute Gasteiger partial charge is 0.237 e. The first kappa shape index (κ1) is 24.2. The molecule has 174 valence electrons. The van der Waals surface area contributed by atoms with Crippen LogP contribution in [0.5, 0.6) is 17.2 Å². The topological polar surface area (TPSA) is 87.5 Å². The monoisotopic (exact) mass is 468 g/mol. The van der Waals surface area contributed by atoms with Crippen molar-refractivity contribution in [1.29, 1.82) is 0 Å². The summed E-state index contributed by atoms with van der Waals surface area (Å²) in [5, 5.41) is 11.8. The van der Waals surface area contributed by atoms with Crippen molar-refractivity contribution in [2.75, 3.05) is 19.5 Å². The number of ether oxygens (including phenoxy) is 3. The molecule has 33 heavy (non-hydrogen) atoms. The first-order valence-electron chi connectivity index (χ1n) is 10.4. The van der Waals surface area contributed by atoms with Gasteiger partial charge in [-0.15, -0.1) is 16.8 Å². The zero-order valence-electron chi connectivity index (χ0n) is 19.1. The van der Waals surface area contributed by atoms with Crippen molar-refractivity contribution >= 4 is 23.4 Å². The van der Waals surface area contributed by atoms with Crippen LogP contribution in [-0.2, 0) is 11.3 Å². The molecule has 8 nitrogen and oxygen atoms in total. The number of nitrogens with one attached hydrogen (secondary N) is 1. The van der Waals surface area contributed by atoms with Gasteiger partial charge in [-0.05, 0) is 62.4 Å². The largest absolute Gasteiger partial charge is 0.497 e. The van der Waals surface area contributed by atoms with Crippen molar-refractivity contribution in [3.8, 4) is 17.2 Å². The number of benzene rings is 2. The minimum Gasteiger partial charge on any atom is -0.497 e. The molecule has 2 aromatic carbocycles. The van der Waals surface area contributed by atoms with Crippen LogP contribution in [0.15, 0.2) is 66.3 Å². The van der Waals surface area contributed by atoms with Crippen LogP contribution in [0.3, 0.4) is 0 Å². The maximum absolute atomic E-state index is 12.7. The molecule has 0 spiro atoms. The zero-order chi connectivity index (χ0) is 23.8. The number of allylic oxidation sites excluding steroid dienone is 1. The summed E-state index contributed by atoms with van der Waals surface area (Å²) in [6, 6.07) is 14.5. The van der Waals surface area contributed by atoms with Gasteiger partial charge in [-0.3, -0.25) is 9.36 Å². The number of hydrogen-bond acceptors (Lipinski definition) is 7. The highest BCUT2D eigenvalue weighted by atomic mass is 32.2. The number of nitrogens with zero attached hydrogens (tertiary/aromatic N) is 3. The minimum atomic E-state index is -0.398. The van der Waals surface area contributed by atoms with Crippen LogP contribution >= 0.6 is 11.8 Å². The standard InChI is InChI=1S/C24H28N4O4S/c1-6-15-28-22(16(2)32-21-13-11-20(31-5)12-14-21)26-27-24(28)33-17(3)23(29)25-18-7-9-19(30-4)10-8-18/h6-14,16-17H,1,15H2,2-5H3,(H,25,29). The fourth-order valence-electron chi connectivity index (χ4n) is 3.03. The zero-order valence-corrected chi connectivity index (χ0v) is 20.0. The Kier molecular flexibility index (Phi) is 8.37. The molecule has 1 N–H and O–H groups in total. The summed E-state index contributed by atoms with van der Waals surface area (Å²) in [6.07, 6.45) is 1.41. The van der Waals surface area contributed by atoms with Gasteiger partial charge in [0.1, 0.15) is 17.2 Å². The quantitative estimate of drug-likeness (QED) is 0.321. The van der Waals surface area contributed by atoms with Crippen LogP contribution in [0.4, 0.5) is 5.69 Å². The summed E-state index contributed by atoms with van der Waals surface area (Å²) in [6.45, 7) is 8.06. The maximum atomic E-state index is 12.7. The second kappa shape index (κ2) is 11.4. The van der Waals surface area contributed by atoms with Gasteiger partial charge in [0, 0.05) is 12.2 Å². The van der Waals surface area contributed by atoms with E-state index in [4.69, 9.17) is 14.2 Å². The second-order valence-electron chi connectivity index (χ2n) is 7.15. The van der Waals surface area contributed by atoms with E-state index >= 15 is 0 Å². The summed E-state index contributed by atoms with van der Waals surface area (Å²) in [4.78, 5) is 12.7. The van der Waals surface area contributed by atoms with Crippen LogP contribution < -0.4 is 19.5 Å². The van der Waals surface area contributed by atoms with Crippen molar-refractivity contribution in [2.45, 2.75) is 36.9 Å². The van der Waals surface area contributed by atoms with Gasteiger partial charge in [-0.1, -0.05) is 17.8 Å². The maximum Gasteiger partial charge on any atom is 0.237 e. The van der Waals surface area contributed by atoms with Crippen LogP contribution in [0.2, 0.25) is 0 Å². The molecule has 2 unspecified atom stereocenters. The van der Waals surface area contributed by atoms with E-state index in [2.05, 4.69) is 22.1 Å². The van der Waals surface area contributed by atoms with Crippen molar-refractivity contribution in [3.63, 3.8) is 0 Å². The lowest BCUT2D eigenvalue weighted by Crippen LogP contribution is -2.23. The molecule has 3 aromatic rings. The van der Waals surface area contributed by atoms with Gasteiger partial charge < -0.3 is 19.5 Å². The Morgan fingerprint density at radius 3 is 2.18 bits per heavy atom. The number of thioether (sulfide) groups is 1. The van der Waals surface area contributed by atoms with Crippen LogP contribution in [0.25, 0.3) is 0 Å². The van der Waals surface area contributed by atoms with E-state index in [0.717, 1.165) is 11.5 Å². The molecule has 0 aliphatic heterocycles. The normalized spacial score (nSPS) is 12.5. The molecule has 9 heteroatoms. The number of methoxy groups -OCH3 is 2. The third-order valence-corrected chi connectivity index (χ3v) is 5.88. The van der Waals surface area contributed by atoms with E-state index in [0.29, 0.717) is 29.0 Å². The van der Waals surface area contributed by atoms with E-state index in [1.54, 1.807) is 44.6 Å². The number of aromatic nitrogens is 3. The fourth-order valence-corrected chi connectivity index (χ4v) is 3.90. The minimum absolute atomic E-state index is 0.137. The molecule has 3 rings (SSSR count). The van der Waals surface area contributed by atoms with Gasteiger partial charge in [0.15, 0.2) is 17.1 Å². The Balaban J connectivity index is 1.69. The van der Waals surface area contributed by atoms with Crippen molar-refractivity contribution in [1.82, 2.24) is 14.8 Å². The Hall–Kier alpha value is -3.46. The molecule has 2 atom stereocenters. The Labute approximate surface area is 198 Å². The van der Waals surface area contributed by atoms with E-state index in [1.165, 1.54) is 11.8 Å². The molecule has 0 aliphatic rings. The van der Waals surface area contributed by atoms with E-state index in [9.17, 15) is 4.79 Å². The molecule has 1 amide bonds. The summed E-state index contributed by atoms with van der Waals surface area (Å²) in [7, 11) is 3.22. The highest BCUT2D eigenvalue weighted by molar-refractivity contribution is 8.00. The molecule has 1 heterocycles. The van der Waals surface area contributed by atoms with Gasteiger partial charge in [0.25, 0.3) is 0 Å². The highest BCUT2D eigenvalue weighted by Crippen LogP contribution is 2.28. The van der Waals surface area contributed by atoms with Crippen LogP contribution in [0.1, 0.15) is 25.8 Å². The number of carbonyl (C=O) groups is 1. The fraction of sp³-hybridized carbons (Fsp3) is 0.292. The number of rotatable bonds is 11. The predicted molar refractivity (Wildman–Crippen MR) is 129 cm³/mol. The molecule has 0 saturated carbocycles. The Morgan fingerprint density at radius 1 is 1.03 bits per heavy atom. The molecular weight excluding hydrogens is 440 g/mol. The van der Waals surface area contributed by atoms with Crippen LogP contribution in [0, 0.1) is 0 Å². The summed E-state index contributed by atoms with van der Waals surface area (Å²) >= 11 is 1.33. The van der Waals surface area contributed by atoms with E-state index in [-0.39, 0.29) is 12.0 Å². The third-order valence-electron chi connectivity index (χ3n) is 4.80. The molecule has 0 radical (unpaired) electrons. The first-order chi connectivity index (χ1) is 15.9. The number of hydrogen-bond donors (Lipinski definition) is 1. The lowest BCUT2D eigenvalue weighted by atomic mass is 10.3. The van der Waals surface area contributed by atoms with Gasteiger partial charge in [0.05, 0.1) is 19.5 Å². The number of carbonyl (C=O) groups excluding carboxylic acids is 1. The average Bonchev–Trinajstić information content (AvgIpc) is 3.22. The predicted octanol–water partition coefficient (Wildman–Crippen LogP) is 4.74. The summed E-state index contributed by atoms with van der Waals surface area (Å²) < 4.78 is 18.3. The molecule has 0 fully saturated rings. The average molecular weight is 469 g/mol. The highest BCUT2D eigenvalue weighted by Gasteiger charge is 2.23. The number of anilines is 1. The summed E-state index contributed by atoms with van der Waals surface area (Å²) in [5.41, 5.74) is 0.697. The van der Waals surface area contributed by atoms with Gasteiger partial charge in [-0.25, -0.2) is 0 Å². The molecule has 0 bridgehead atoms. The first-order valence-corrected chi connectivity index (χ1v) is 11.3.